The highest BCUT2D eigenvalue weighted by Crippen LogP contribution is 2.28. The van der Waals surface area contributed by atoms with Crippen LogP contribution in [0.2, 0.25) is 0 Å². The highest BCUT2D eigenvalue weighted by molar-refractivity contribution is 7.98. The molecule has 0 heterocycles. The number of amides is 1. The average molecular weight is 372 g/mol. The summed E-state index contributed by atoms with van der Waals surface area (Å²) in [7, 11) is 0. The largest absolute Gasteiger partial charge is 0.480 e. The molecule has 0 bridgehead atoms. The van der Waals surface area contributed by atoms with Crippen molar-refractivity contribution in [3.8, 4) is 11.1 Å². The topological polar surface area (TPSA) is 66.4 Å². The van der Waals surface area contributed by atoms with Crippen molar-refractivity contribution in [2.45, 2.75) is 32.7 Å². The number of benzene rings is 2. The number of aryl methyl sites for hydroxylation is 2. The number of rotatable bonds is 8. The minimum Gasteiger partial charge on any atom is -0.480 e. The molecule has 0 aliphatic heterocycles. The molecule has 138 valence electrons. The van der Waals surface area contributed by atoms with E-state index in [1.54, 1.807) is 17.8 Å². The van der Waals surface area contributed by atoms with Crippen LogP contribution in [-0.2, 0) is 11.2 Å². The number of aliphatic carboxylic acids is 1. The first-order chi connectivity index (χ1) is 12.5. The van der Waals surface area contributed by atoms with E-state index in [-0.39, 0.29) is 5.91 Å². The van der Waals surface area contributed by atoms with E-state index in [0.717, 1.165) is 28.7 Å². The molecule has 2 aromatic carbocycles. The fourth-order valence-corrected chi connectivity index (χ4v) is 3.31. The van der Waals surface area contributed by atoms with Gasteiger partial charge in [-0.05, 0) is 60.1 Å². The number of carboxylic acid groups (broad SMARTS) is 1. The van der Waals surface area contributed by atoms with Gasteiger partial charge in [0.25, 0.3) is 5.91 Å². The molecule has 2 aromatic rings. The van der Waals surface area contributed by atoms with Crippen LogP contribution in [0.3, 0.4) is 0 Å². The zero-order valence-electron chi connectivity index (χ0n) is 15.4. The SMILES string of the molecule is CCc1ccc(C(=O)N[C@@H](CCSC)C(=O)O)c(-c2ccccc2C)c1. The Labute approximate surface area is 159 Å². The monoisotopic (exact) mass is 371 g/mol. The summed E-state index contributed by atoms with van der Waals surface area (Å²) in [5.41, 5.74) is 4.55. The number of hydrogen-bond acceptors (Lipinski definition) is 3. The van der Waals surface area contributed by atoms with Gasteiger partial charge in [0.15, 0.2) is 0 Å². The fourth-order valence-electron chi connectivity index (χ4n) is 2.84. The molecular weight excluding hydrogens is 346 g/mol. The molecule has 4 nitrogen and oxygen atoms in total. The van der Waals surface area contributed by atoms with Crippen LogP contribution in [-0.4, -0.2) is 35.0 Å². The first-order valence-electron chi connectivity index (χ1n) is 8.69. The molecule has 5 heteroatoms. The molecule has 0 aliphatic rings. The van der Waals surface area contributed by atoms with Crippen molar-refractivity contribution in [2.24, 2.45) is 0 Å². The van der Waals surface area contributed by atoms with E-state index < -0.39 is 12.0 Å². The van der Waals surface area contributed by atoms with E-state index in [9.17, 15) is 14.7 Å². The quantitative estimate of drug-likeness (QED) is 0.731. The molecule has 0 saturated heterocycles. The Morgan fingerprint density at radius 2 is 1.88 bits per heavy atom. The van der Waals surface area contributed by atoms with Crippen LogP contribution in [0.15, 0.2) is 42.5 Å². The lowest BCUT2D eigenvalue weighted by molar-refractivity contribution is -0.139. The summed E-state index contributed by atoms with van der Waals surface area (Å²) in [6.45, 7) is 4.08. The van der Waals surface area contributed by atoms with Crippen molar-refractivity contribution in [3.63, 3.8) is 0 Å². The second-order valence-corrected chi connectivity index (χ2v) is 7.18. The van der Waals surface area contributed by atoms with E-state index in [1.165, 1.54) is 0 Å². The van der Waals surface area contributed by atoms with Gasteiger partial charge in [0.05, 0.1) is 0 Å². The number of carbonyl (C=O) groups is 2. The van der Waals surface area contributed by atoms with Crippen LogP contribution < -0.4 is 5.32 Å². The lowest BCUT2D eigenvalue weighted by atomic mass is 9.93. The third kappa shape index (κ3) is 4.88. The summed E-state index contributed by atoms with van der Waals surface area (Å²) >= 11 is 1.56. The molecule has 0 spiro atoms. The lowest BCUT2D eigenvalue weighted by Gasteiger charge is -2.17. The molecular formula is C21H25NO3S. The summed E-state index contributed by atoms with van der Waals surface area (Å²) in [6, 6.07) is 12.8. The number of nitrogens with one attached hydrogen (secondary N) is 1. The second kappa shape index (κ2) is 9.43. The number of thioether (sulfide) groups is 1. The Balaban J connectivity index is 2.40. The summed E-state index contributed by atoms with van der Waals surface area (Å²) in [6.07, 6.45) is 3.18. The van der Waals surface area contributed by atoms with Gasteiger partial charge in [-0.25, -0.2) is 4.79 Å². The van der Waals surface area contributed by atoms with Gasteiger partial charge < -0.3 is 10.4 Å². The van der Waals surface area contributed by atoms with Gasteiger partial charge in [0, 0.05) is 5.56 Å². The second-order valence-electron chi connectivity index (χ2n) is 6.19. The van der Waals surface area contributed by atoms with Gasteiger partial charge in [0.1, 0.15) is 6.04 Å². The third-order valence-electron chi connectivity index (χ3n) is 4.39. The molecule has 1 amide bonds. The number of hydrogen-bond donors (Lipinski definition) is 2. The molecule has 0 fully saturated rings. The van der Waals surface area contributed by atoms with Gasteiger partial charge in [-0.2, -0.15) is 11.8 Å². The van der Waals surface area contributed by atoms with Gasteiger partial charge >= 0.3 is 5.97 Å². The van der Waals surface area contributed by atoms with Gasteiger partial charge in [0.2, 0.25) is 0 Å². The van der Waals surface area contributed by atoms with E-state index in [1.807, 2.05) is 49.6 Å². The van der Waals surface area contributed by atoms with E-state index in [2.05, 4.69) is 12.2 Å². The summed E-state index contributed by atoms with van der Waals surface area (Å²) in [4.78, 5) is 24.3. The minimum absolute atomic E-state index is 0.348. The molecule has 2 N–H and O–H groups in total. The van der Waals surface area contributed by atoms with Crippen molar-refractivity contribution in [2.75, 3.05) is 12.0 Å². The predicted octanol–water partition coefficient (Wildman–Crippen LogP) is 4.16. The van der Waals surface area contributed by atoms with Crippen molar-refractivity contribution >= 4 is 23.6 Å². The highest BCUT2D eigenvalue weighted by Gasteiger charge is 2.22. The molecule has 2 rings (SSSR count). The predicted molar refractivity (Wildman–Crippen MR) is 108 cm³/mol. The standard InChI is InChI=1S/C21H25NO3S/c1-4-15-9-10-17(18(13-15)16-8-6-5-7-14(16)2)20(23)22-19(21(24)25)11-12-26-3/h5-10,13,19H,4,11-12H2,1-3H3,(H,22,23)(H,24,25)/t19-/m0/s1. The Morgan fingerprint density at radius 3 is 2.50 bits per heavy atom. The zero-order chi connectivity index (χ0) is 19.1. The zero-order valence-corrected chi connectivity index (χ0v) is 16.2. The summed E-state index contributed by atoms with van der Waals surface area (Å²) in [5.74, 6) is -0.675. The minimum atomic E-state index is -1.00. The van der Waals surface area contributed by atoms with Crippen LogP contribution in [0.4, 0.5) is 0 Å². The van der Waals surface area contributed by atoms with Gasteiger partial charge in [-0.15, -0.1) is 0 Å². The maximum Gasteiger partial charge on any atom is 0.326 e. The highest BCUT2D eigenvalue weighted by atomic mass is 32.2. The third-order valence-corrected chi connectivity index (χ3v) is 5.03. The van der Waals surface area contributed by atoms with E-state index in [0.29, 0.717) is 17.7 Å². The average Bonchev–Trinajstić information content (AvgIpc) is 2.64. The van der Waals surface area contributed by atoms with Crippen LogP contribution >= 0.6 is 11.8 Å². The van der Waals surface area contributed by atoms with Gasteiger partial charge in [-0.1, -0.05) is 43.3 Å². The molecule has 0 radical (unpaired) electrons. The van der Waals surface area contributed by atoms with E-state index >= 15 is 0 Å². The van der Waals surface area contributed by atoms with Crippen LogP contribution in [0.5, 0.6) is 0 Å². The normalized spacial score (nSPS) is 11.8. The molecule has 1 atom stereocenters. The van der Waals surface area contributed by atoms with Crippen molar-refractivity contribution < 1.29 is 14.7 Å². The van der Waals surface area contributed by atoms with Crippen LogP contribution in [0.1, 0.15) is 34.8 Å². The molecule has 0 aliphatic carbocycles. The Kier molecular flexibility index (Phi) is 7.27. The molecule has 0 aromatic heterocycles. The fraction of sp³-hybridized carbons (Fsp3) is 0.333. The van der Waals surface area contributed by atoms with Crippen LogP contribution in [0.25, 0.3) is 11.1 Å². The van der Waals surface area contributed by atoms with Crippen molar-refractivity contribution in [1.82, 2.24) is 5.32 Å². The molecule has 26 heavy (non-hydrogen) atoms. The smallest absolute Gasteiger partial charge is 0.326 e. The van der Waals surface area contributed by atoms with Crippen molar-refractivity contribution in [3.05, 3.63) is 59.2 Å². The summed E-state index contributed by atoms with van der Waals surface area (Å²) in [5, 5.41) is 12.1. The Hall–Kier alpha value is -2.27. The van der Waals surface area contributed by atoms with Crippen molar-refractivity contribution in [1.29, 1.82) is 0 Å². The maximum absolute atomic E-state index is 12.8. The van der Waals surface area contributed by atoms with Gasteiger partial charge in [-0.3, -0.25) is 4.79 Å². The van der Waals surface area contributed by atoms with E-state index in [4.69, 9.17) is 0 Å². The lowest BCUT2D eigenvalue weighted by Crippen LogP contribution is -2.41. The first kappa shape index (κ1) is 20.0. The Morgan fingerprint density at radius 1 is 1.15 bits per heavy atom. The molecule has 0 saturated carbocycles. The number of carbonyl (C=O) groups excluding carboxylic acids is 1. The molecule has 0 unspecified atom stereocenters. The summed E-state index contributed by atoms with van der Waals surface area (Å²) < 4.78 is 0. The van der Waals surface area contributed by atoms with Crippen LogP contribution in [0, 0.1) is 6.92 Å². The number of carboxylic acids is 1. The Bertz CT molecular complexity index is 789. The first-order valence-corrected chi connectivity index (χ1v) is 10.1. The maximum atomic E-state index is 12.8.